The Bertz CT molecular complexity index is 810. The van der Waals surface area contributed by atoms with E-state index in [0.29, 0.717) is 5.75 Å². The number of anilines is 1. The van der Waals surface area contributed by atoms with Crippen molar-refractivity contribution in [3.63, 3.8) is 0 Å². The van der Waals surface area contributed by atoms with E-state index in [1.165, 1.54) is 32.2 Å². The number of hydrogen-bond donors (Lipinski definition) is 2. The molecule has 0 fully saturated rings. The van der Waals surface area contributed by atoms with Gasteiger partial charge in [-0.05, 0) is 31.2 Å². The average molecular weight is 351 g/mol. The lowest BCUT2D eigenvalue weighted by molar-refractivity contribution is -0.123. The first-order chi connectivity index (χ1) is 11.8. The fourth-order valence-electron chi connectivity index (χ4n) is 1.92. The number of esters is 1. The van der Waals surface area contributed by atoms with Crippen molar-refractivity contribution < 1.29 is 33.0 Å². The quantitative estimate of drug-likeness (QED) is 0.809. The maximum Gasteiger partial charge on any atom is 0.342 e. The topological polar surface area (TPSA) is 84.9 Å². The monoisotopic (exact) mass is 351 g/mol. The zero-order chi connectivity index (χ0) is 18.6. The molecule has 0 unspecified atom stereocenters. The minimum absolute atomic E-state index is 0.169. The predicted molar refractivity (Wildman–Crippen MR) is 84.5 cm³/mol. The summed E-state index contributed by atoms with van der Waals surface area (Å²) in [5.74, 6) is -3.42. The summed E-state index contributed by atoms with van der Waals surface area (Å²) in [4.78, 5) is 24.0. The molecule has 2 rings (SSSR count). The van der Waals surface area contributed by atoms with E-state index in [1.807, 2.05) is 0 Å². The first-order valence-corrected chi connectivity index (χ1v) is 7.15. The molecule has 0 bridgehead atoms. The Kier molecular flexibility index (Phi) is 5.53. The van der Waals surface area contributed by atoms with Gasteiger partial charge in [0.1, 0.15) is 28.7 Å². The van der Waals surface area contributed by atoms with Gasteiger partial charge >= 0.3 is 5.97 Å². The average Bonchev–Trinajstić information content (AvgIpc) is 2.57. The SMILES string of the molecule is COc1ccc(C(=O)O[C@@H](C)C(=O)Nc2cc(F)ccc2F)c(O)c1. The van der Waals surface area contributed by atoms with Crippen molar-refractivity contribution in [3.8, 4) is 11.5 Å². The highest BCUT2D eigenvalue weighted by atomic mass is 19.1. The van der Waals surface area contributed by atoms with Gasteiger partial charge in [-0.3, -0.25) is 4.79 Å². The zero-order valence-electron chi connectivity index (χ0n) is 13.4. The number of phenolic OH excluding ortho intramolecular Hbond substituents is 1. The third kappa shape index (κ3) is 4.43. The second-order valence-electron chi connectivity index (χ2n) is 5.04. The van der Waals surface area contributed by atoms with Gasteiger partial charge in [0, 0.05) is 12.1 Å². The molecule has 6 nitrogen and oxygen atoms in total. The number of halogens is 2. The van der Waals surface area contributed by atoms with Crippen LogP contribution in [0.25, 0.3) is 0 Å². The fourth-order valence-corrected chi connectivity index (χ4v) is 1.92. The Morgan fingerprint density at radius 3 is 2.52 bits per heavy atom. The van der Waals surface area contributed by atoms with Gasteiger partial charge in [-0.1, -0.05) is 0 Å². The third-order valence-corrected chi connectivity index (χ3v) is 3.26. The van der Waals surface area contributed by atoms with Crippen LogP contribution in [0.3, 0.4) is 0 Å². The minimum Gasteiger partial charge on any atom is -0.507 e. The molecule has 0 heterocycles. The number of ether oxygens (including phenoxy) is 2. The number of aromatic hydroxyl groups is 1. The molecule has 0 aliphatic heterocycles. The fraction of sp³-hybridized carbons (Fsp3) is 0.176. The molecule has 0 spiro atoms. The van der Waals surface area contributed by atoms with Crippen LogP contribution in [0.1, 0.15) is 17.3 Å². The van der Waals surface area contributed by atoms with Crippen molar-refractivity contribution in [2.75, 3.05) is 12.4 Å². The van der Waals surface area contributed by atoms with E-state index < -0.39 is 29.6 Å². The van der Waals surface area contributed by atoms with Crippen molar-refractivity contribution in [2.45, 2.75) is 13.0 Å². The molecule has 1 atom stereocenters. The van der Waals surface area contributed by atoms with Gasteiger partial charge in [0.05, 0.1) is 12.8 Å². The molecular formula is C17H15F2NO5. The van der Waals surface area contributed by atoms with Gasteiger partial charge < -0.3 is 19.9 Å². The van der Waals surface area contributed by atoms with E-state index in [1.54, 1.807) is 0 Å². The van der Waals surface area contributed by atoms with Crippen molar-refractivity contribution >= 4 is 17.6 Å². The molecule has 132 valence electrons. The molecule has 0 radical (unpaired) electrons. The summed E-state index contributed by atoms with van der Waals surface area (Å²) in [5, 5.41) is 11.9. The molecule has 0 aliphatic rings. The van der Waals surface area contributed by atoms with E-state index in [-0.39, 0.29) is 17.0 Å². The zero-order valence-corrected chi connectivity index (χ0v) is 13.4. The summed E-state index contributed by atoms with van der Waals surface area (Å²) < 4.78 is 36.4. The van der Waals surface area contributed by atoms with E-state index in [9.17, 15) is 23.5 Å². The van der Waals surface area contributed by atoms with Gasteiger partial charge in [-0.25, -0.2) is 13.6 Å². The van der Waals surface area contributed by atoms with E-state index >= 15 is 0 Å². The summed E-state index contributed by atoms with van der Waals surface area (Å²) in [6, 6.07) is 6.48. The van der Waals surface area contributed by atoms with Gasteiger partial charge in [0.2, 0.25) is 0 Å². The van der Waals surface area contributed by atoms with Crippen LogP contribution in [-0.4, -0.2) is 30.2 Å². The smallest absolute Gasteiger partial charge is 0.342 e. The lowest BCUT2D eigenvalue weighted by Gasteiger charge is -2.14. The molecule has 1 amide bonds. The second-order valence-corrected chi connectivity index (χ2v) is 5.04. The number of methoxy groups -OCH3 is 1. The van der Waals surface area contributed by atoms with Crippen LogP contribution in [0.5, 0.6) is 11.5 Å². The van der Waals surface area contributed by atoms with Crippen LogP contribution in [0.15, 0.2) is 36.4 Å². The van der Waals surface area contributed by atoms with Crippen LogP contribution in [0, 0.1) is 11.6 Å². The largest absolute Gasteiger partial charge is 0.507 e. The Hall–Kier alpha value is -3.16. The summed E-state index contributed by atoms with van der Waals surface area (Å²) in [6.07, 6.45) is -1.31. The molecule has 0 aliphatic carbocycles. The van der Waals surface area contributed by atoms with Gasteiger partial charge in [0.25, 0.3) is 5.91 Å². The number of amides is 1. The second kappa shape index (κ2) is 7.61. The molecule has 0 aromatic heterocycles. The molecule has 0 saturated heterocycles. The summed E-state index contributed by atoms with van der Waals surface area (Å²) in [5.41, 5.74) is -0.544. The van der Waals surface area contributed by atoms with Crippen molar-refractivity contribution in [1.82, 2.24) is 0 Å². The van der Waals surface area contributed by atoms with Crippen LogP contribution in [0.2, 0.25) is 0 Å². The maximum atomic E-state index is 13.5. The highest BCUT2D eigenvalue weighted by molar-refractivity contribution is 5.98. The first-order valence-electron chi connectivity index (χ1n) is 7.15. The van der Waals surface area contributed by atoms with Crippen molar-refractivity contribution in [3.05, 3.63) is 53.6 Å². The summed E-state index contributed by atoms with van der Waals surface area (Å²) in [6.45, 7) is 1.25. The first kappa shape index (κ1) is 18.2. The highest BCUT2D eigenvalue weighted by Crippen LogP contribution is 2.24. The molecular weight excluding hydrogens is 336 g/mol. The summed E-state index contributed by atoms with van der Waals surface area (Å²) in [7, 11) is 1.39. The Morgan fingerprint density at radius 1 is 1.16 bits per heavy atom. The standard InChI is InChI=1S/C17H15F2NO5/c1-9(16(22)20-14-7-10(18)3-6-13(14)19)25-17(23)12-5-4-11(24-2)8-15(12)21/h3-9,21H,1-2H3,(H,20,22)/t9-/m0/s1. The Balaban J connectivity index is 2.05. The molecule has 25 heavy (non-hydrogen) atoms. The minimum atomic E-state index is -1.31. The number of carbonyl (C=O) groups is 2. The Morgan fingerprint density at radius 2 is 1.88 bits per heavy atom. The van der Waals surface area contributed by atoms with Crippen LogP contribution in [-0.2, 0) is 9.53 Å². The number of benzene rings is 2. The molecule has 8 heteroatoms. The van der Waals surface area contributed by atoms with Gasteiger partial charge in [-0.2, -0.15) is 0 Å². The van der Waals surface area contributed by atoms with E-state index in [2.05, 4.69) is 5.32 Å². The summed E-state index contributed by atoms with van der Waals surface area (Å²) >= 11 is 0. The number of nitrogens with one attached hydrogen (secondary N) is 1. The predicted octanol–water partition coefficient (Wildman–Crippen LogP) is 2.86. The van der Waals surface area contributed by atoms with Crippen LogP contribution >= 0.6 is 0 Å². The third-order valence-electron chi connectivity index (χ3n) is 3.26. The molecule has 2 aromatic rings. The van der Waals surface area contributed by atoms with E-state index in [0.717, 1.165) is 18.2 Å². The van der Waals surface area contributed by atoms with Gasteiger partial charge in [-0.15, -0.1) is 0 Å². The molecule has 2 N–H and O–H groups in total. The van der Waals surface area contributed by atoms with E-state index in [4.69, 9.17) is 9.47 Å². The molecule has 0 saturated carbocycles. The maximum absolute atomic E-state index is 13.5. The van der Waals surface area contributed by atoms with Gasteiger partial charge in [0.15, 0.2) is 6.10 Å². The highest BCUT2D eigenvalue weighted by Gasteiger charge is 2.22. The van der Waals surface area contributed by atoms with Crippen LogP contribution < -0.4 is 10.1 Å². The normalized spacial score (nSPS) is 11.5. The van der Waals surface area contributed by atoms with Crippen LogP contribution in [0.4, 0.5) is 14.5 Å². The lowest BCUT2D eigenvalue weighted by atomic mass is 10.2. The lowest BCUT2D eigenvalue weighted by Crippen LogP contribution is -2.30. The number of carbonyl (C=O) groups excluding carboxylic acids is 2. The Labute approximate surface area is 142 Å². The van der Waals surface area contributed by atoms with Crippen molar-refractivity contribution in [1.29, 1.82) is 0 Å². The number of rotatable bonds is 5. The van der Waals surface area contributed by atoms with Crippen molar-refractivity contribution in [2.24, 2.45) is 0 Å². The number of phenols is 1. The molecule has 2 aromatic carbocycles. The number of hydrogen-bond acceptors (Lipinski definition) is 5.